The van der Waals surface area contributed by atoms with Crippen molar-refractivity contribution in [3.63, 3.8) is 0 Å². The predicted molar refractivity (Wildman–Crippen MR) is 84.5 cm³/mol. The summed E-state index contributed by atoms with van der Waals surface area (Å²) in [6, 6.07) is 5.90. The maximum absolute atomic E-state index is 12.6. The van der Waals surface area contributed by atoms with Crippen molar-refractivity contribution in [2.75, 3.05) is 19.8 Å². The first-order valence-corrected chi connectivity index (χ1v) is 8.08. The first-order valence-electron chi connectivity index (χ1n) is 8.08. The van der Waals surface area contributed by atoms with Gasteiger partial charge in [-0.3, -0.25) is 0 Å². The number of alkyl halides is 3. The van der Waals surface area contributed by atoms with Crippen molar-refractivity contribution in [2.24, 2.45) is 11.8 Å². The fourth-order valence-corrected chi connectivity index (χ4v) is 2.81. The molecule has 134 valence electrons. The predicted octanol–water partition coefficient (Wildman–Crippen LogP) is 3.26. The van der Waals surface area contributed by atoms with Crippen molar-refractivity contribution in [1.82, 2.24) is 10.6 Å². The van der Waals surface area contributed by atoms with Crippen LogP contribution in [0.3, 0.4) is 0 Å². The summed E-state index contributed by atoms with van der Waals surface area (Å²) in [6.07, 6.45) is -4.36. The van der Waals surface area contributed by atoms with Crippen LogP contribution in [0.25, 0.3) is 0 Å². The van der Waals surface area contributed by atoms with Crippen molar-refractivity contribution in [1.29, 1.82) is 0 Å². The number of carbonyl (C=O) groups is 1. The highest BCUT2D eigenvalue weighted by atomic mass is 19.4. The van der Waals surface area contributed by atoms with Crippen molar-refractivity contribution < 1.29 is 22.7 Å². The Hall–Kier alpha value is -1.76. The van der Waals surface area contributed by atoms with Gasteiger partial charge in [0.25, 0.3) is 0 Å². The third kappa shape index (κ3) is 6.03. The molecule has 2 amide bonds. The molecule has 1 heterocycles. The Morgan fingerprint density at radius 1 is 1.25 bits per heavy atom. The molecule has 0 radical (unpaired) electrons. The molecule has 2 unspecified atom stereocenters. The van der Waals surface area contributed by atoms with Crippen LogP contribution in [-0.4, -0.2) is 32.0 Å². The van der Waals surface area contributed by atoms with Gasteiger partial charge in [-0.2, -0.15) is 13.2 Å². The summed E-state index contributed by atoms with van der Waals surface area (Å²) in [4.78, 5) is 11.9. The van der Waals surface area contributed by atoms with Crippen LogP contribution in [0.5, 0.6) is 0 Å². The van der Waals surface area contributed by atoms with Crippen LogP contribution in [0.1, 0.15) is 24.5 Å². The Morgan fingerprint density at radius 3 is 2.62 bits per heavy atom. The molecule has 7 heteroatoms. The van der Waals surface area contributed by atoms with Crippen molar-refractivity contribution in [3.05, 3.63) is 35.4 Å². The number of hydrogen-bond donors (Lipinski definition) is 2. The van der Waals surface area contributed by atoms with Crippen molar-refractivity contribution >= 4 is 6.03 Å². The largest absolute Gasteiger partial charge is 0.393 e. The van der Waals surface area contributed by atoms with E-state index in [1.54, 1.807) is 18.2 Å². The van der Waals surface area contributed by atoms with Crippen LogP contribution in [0.2, 0.25) is 0 Å². The van der Waals surface area contributed by atoms with Gasteiger partial charge in [0.1, 0.15) is 0 Å². The maximum atomic E-state index is 12.6. The Balaban J connectivity index is 1.81. The first-order chi connectivity index (χ1) is 11.3. The van der Waals surface area contributed by atoms with Gasteiger partial charge < -0.3 is 15.4 Å². The van der Waals surface area contributed by atoms with Gasteiger partial charge in [-0.05, 0) is 29.4 Å². The van der Waals surface area contributed by atoms with Gasteiger partial charge in [-0.1, -0.05) is 31.2 Å². The van der Waals surface area contributed by atoms with Crippen LogP contribution in [0, 0.1) is 11.8 Å². The Labute approximate surface area is 139 Å². The number of rotatable bonds is 5. The fraction of sp³-hybridized carbons (Fsp3) is 0.588. The van der Waals surface area contributed by atoms with Gasteiger partial charge in [0.05, 0.1) is 6.42 Å². The Bertz CT molecular complexity index is 549. The number of ether oxygens (including phenoxy) is 1. The molecule has 4 nitrogen and oxygen atoms in total. The van der Waals surface area contributed by atoms with Crippen LogP contribution in [0.15, 0.2) is 24.3 Å². The normalized spacial score (nSPS) is 21.3. The quantitative estimate of drug-likeness (QED) is 0.861. The zero-order chi connectivity index (χ0) is 17.6. The summed E-state index contributed by atoms with van der Waals surface area (Å²) in [6.45, 7) is 4.08. The van der Waals surface area contributed by atoms with Crippen LogP contribution >= 0.6 is 0 Å². The molecule has 0 aromatic heterocycles. The molecular weight excluding hydrogens is 321 g/mol. The van der Waals surface area contributed by atoms with E-state index in [4.69, 9.17) is 4.74 Å². The molecule has 1 aromatic carbocycles. The molecule has 0 saturated carbocycles. The first kappa shape index (κ1) is 18.6. The SMILES string of the molecule is CC1COCCC1CNC(=O)NCc1ccccc1CC(F)(F)F. The molecule has 2 rings (SSSR count). The van der Waals surface area contributed by atoms with Crippen LogP contribution in [0.4, 0.5) is 18.0 Å². The molecule has 2 atom stereocenters. The van der Waals surface area contributed by atoms with E-state index in [1.807, 2.05) is 0 Å². The second kappa shape index (κ2) is 8.37. The second-order valence-electron chi connectivity index (χ2n) is 6.23. The second-order valence-corrected chi connectivity index (χ2v) is 6.23. The Morgan fingerprint density at radius 2 is 1.96 bits per heavy atom. The molecule has 24 heavy (non-hydrogen) atoms. The number of urea groups is 1. The molecule has 1 aliphatic rings. The number of amides is 2. The summed E-state index contributed by atoms with van der Waals surface area (Å²) in [5.74, 6) is 0.744. The molecular formula is C17H23F3N2O2. The third-order valence-electron chi connectivity index (χ3n) is 4.29. The van der Waals surface area contributed by atoms with E-state index in [-0.39, 0.29) is 18.1 Å². The number of carbonyl (C=O) groups excluding carboxylic acids is 1. The highest BCUT2D eigenvalue weighted by Crippen LogP contribution is 2.23. The minimum atomic E-state index is -4.27. The van der Waals surface area contributed by atoms with Gasteiger partial charge >= 0.3 is 12.2 Å². The van der Waals surface area contributed by atoms with Gasteiger partial charge in [-0.25, -0.2) is 4.79 Å². The molecule has 1 saturated heterocycles. The number of nitrogens with one attached hydrogen (secondary N) is 2. The third-order valence-corrected chi connectivity index (χ3v) is 4.29. The minimum Gasteiger partial charge on any atom is -0.381 e. The van der Waals surface area contributed by atoms with E-state index in [0.717, 1.165) is 6.42 Å². The topological polar surface area (TPSA) is 50.4 Å². The van der Waals surface area contributed by atoms with E-state index in [1.165, 1.54) is 6.07 Å². The Kier molecular flexibility index (Phi) is 6.48. The molecule has 0 bridgehead atoms. The minimum absolute atomic E-state index is 0.0709. The van der Waals surface area contributed by atoms with Gasteiger partial charge in [0.15, 0.2) is 0 Å². The molecule has 0 spiro atoms. The number of hydrogen-bond acceptors (Lipinski definition) is 2. The molecule has 2 N–H and O–H groups in total. The lowest BCUT2D eigenvalue weighted by molar-refractivity contribution is -0.127. The maximum Gasteiger partial charge on any atom is 0.393 e. The van der Waals surface area contributed by atoms with Crippen molar-refractivity contribution in [2.45, 2.75) is 32.5 Å². The lowest BCUT2D eigenvalue weighted by Gasteiger charge is -2.28. The highest BCUT2D eigenvalue weighted by Gasteiger charge is 2.28. The van der Waals surface area contributed by atoms with Crippen LogP contribution in [-0.2, 0) is 17.7 Å². The van der Waals surface area contributed by atoms with E-state index in [2.05, 4.69) is 17.6 Å². The van der Waals surface area contributed by atoms with E-state index in [9.17, 15) is 18.0 Å². The monoisotopic (exact) mass is 344 g/mol. The van der Waals surface area contributed by atoms with Gasteiger partial charge in [0.2, 0.25) is 0 Å². The molecule has 1 aliphatic heterocycles. The number of benzene rings is 1. The van der Waals surface area contributed by atoms with Gasteiger partial charge in [-0.15, -0.1) is 0 Å². The zero-order valence-corrected chi connectivity index (χ0v) is 13.7. The summed E-state index contributed by atoms with van der Waals surface area (Å²) < 4.78 is 43.1. The lowest BCUT2D eigenvalue weighted by atomic mass is 9.90. The average molecular weight is 344 g/mol. The summed E-state index contributed by atoms with van der Waals surface area (Å²) >= 11 is 0. The van der Waals surface area contributed by atoms with E-state index >= 15 is 0 Å². The van der Waals surface area contributed by atoms with Crippen molar-refractivity contribution in [3.8, 4) is 0 Å². The molecule has 1 fully saturated rings. The van der Waals surface area contributed by atoms with E-state index in [0.29, 0.717) is 37.2 Å². The standard InChI is InChI=1S/C17H23F3N2O2/c1-12-11-24-7-6-14(12)9-21-16(23)22-10-15-5-3-2-4-13(15)8-17(18,19)20/h2-5,12,14H,6-11H2,1H3,(H2,21,22,23). The van der Waals surface area contributed by atoms with Gasteiger partial charge in [0, 0.05) is 26.3 Å². The number of halogens is 3. The summed E-state index contributed by atoms with van der Waals surface area (Å²) in [5, 5.41) is 5.42. The summed E-state index contributed by atoms with van der Waals surface area (Å²) in [5.41, 5.74) is 0.660. The fourth-order valence-electron chi connectivity index (χ4n) is 2.81. The van der Waals surface area contributed by atoms with Crippen LogP contribution < -0.4 is 10.6 Å². The van der Waals surface area contributed by atoms with E-state index < -0.39 is 12.6 Å². The molecule has 1 aromatic rings. The summed E-state index contributed by atoms with van der Waals surface area (Å²) in [7, 11) is 0. The molecule has 0 aliphatic carbocycles. The smallest absolute Gasteiger partial charge is 0.381 e. The average Bonchev–Trinajstić information content (AvgIpc) is 2.52. The highest BCUT2D eigenvalue weighted by molar-refractivity contribution is 5.73. The zero-order valence-electron chi connectivity index (χ0n) is 13.7. The lowest BCUT2D eigenvalue weighted by Crippen LogP contribution is -2.41.